The number of carboxylic acids is 2. The van der Waals surface area contributed by atoms with Crippen LogP contribution in [0.5, 0.6) is 5.75 Å². The van der Waals surface area contributed by atoms with Crippen molar-refractivity contribution in [2.75, 3.05) is 11.4 Å². The summed E-state index contributed by atoms with van der Waals surface area (Å²) in [5.41, 5.74) is 0. The standard InChI is InChI=1S/C15H16N4O.2C2HF3O2/c1-3-13(9-16-4-1)20-14-8-12-7-11(14)10-19(12)15-17-5-2-6-18-15;2*3-2(4,5)1(6)7/h1-6,9,11-12,14H,7-8,10H2;2*(H,6,7)/t11?,12?,14-;;/m0../s1. The van der Waals surface area contributed by atoms with Crippen LogP contribution >= 0.6 is 0 Å². The van der Waals surface area contributed by atoms with Crippen molar-refractivity contribution in [1.82, 2.24) is 15.0 Å². The highest BCUT2D eigenvalue weighted by Crippen LogP contribution is 2.41. The van der Waals surface area contributed by atoms with Crippen molar-refractivity contribution >= 4 is 17.9 Å². The lowest BCUT2D eigenvalue weighted by Gasteiger charge is -2.31. The number of aromatic nitrogens is 3. The first-order valence-electron chi connectivity index (χ1n) is 9.49. The molecular weight excluding hydrogens is 478 g/mol. The molecule has 4 rings (SSSR count). The zero-order valence-corrected chi connectivity index (χ0v) is 17.1. The number of alkyl halides is 6. The number of pyridine rings is 1. The summed E-state index contributed by atoms with van der Waals surface area (Å²) in [7, 11) is 0. The number of anilines is 1. The van der Waals surface area contributed by atoms with Crippen LogP contribution in [0, 0.1) is 5.92 Å². The molecule has 1 aliphatic heterocycles. The Morgan fingerprint density at radius 3 is 1.91 bits per heavy atom. The predicted molar refractivity (Wildman–Crippen MR) is 102 cm³/mol. The van der Waals surface area contributed by atoms with Crippen molar-refractivity contribution in [2.24, 2.45) is 5.92 Å². The minimum Gasteiger partial charge on any atom is -0.488 e. The quantitative estimate of drug-likeness (QED) is 0.617. The Kier molecular flexibility index (Phi) is 8.59. The fraction of sp³-hybridized carbons (Fsp3) is 0.421. The van der Waals surface area contributed by atoms with Gasteiger partial charge in [-0.25, -0.2) is 19.6 Å². The van der Waals surface area contributed by atoms with E-state index in [1.54, 1.807) is 24.8 Å². The van der Waals surface area contributed by atoms with Gasteiger partial charge in [0.15, 0.2) is 0 Å². The molecule has 0 spiro atoms. The Labute approximate surface area is 188 Å². The summed E-state index contributed by atoms with van der Waals surface area (Å²) in [6, 6.07) is 6.24. The van der Waals surface area contributed by atoms with E-state index in [4.69, 9.17) is 24.5 Å². The Bertz CT molecular complexity index is 922. The van der Waals surface area contributed by atoms with Gasteiger partial charge in [-0.1, -0.05) is 0 Å². The van der Waals surface area contributed by atoms with Crippen LogP contribution in [0.1, 0.15) is 12.8 Å². The molecule has 3 atom stereocenters. The minimum atomic E-state index is -5.08. The second kappa shape index (κ2) is 11.0. The van der Waals surface area contributed by atoms with Crippen LogP contribution in [-0.4, -0.2) is 68.1 Å². The first-order valence-corrected chi connectivity index (χ1v) is 9.49. The van der Waals surface area contributed by atoms with E-state index in [0.29, 0.717) is 18.1 Å². The molecular formula is C19H18F6N4O5. The average molecular weight is 496 g/mol. The van der Waals surface area contributed by atoms with Crippen molar-refractivity contribution in [3.8, 4) is 5.75 Å². The molecule has 2 unspecified atom stereocenters. The molecule has 2 aromatic heterocycles. The van der Waals surface area contributed by atoms with E-state index in [2.05, 4.69) is 19.9 Å². The predicted octanol–water partition coefficient (Wildman–Crippen LogP) is 3.18. The lowest BCUT2D eigenvalue weighted by atomic mass is 10.1. The number of halogens is 6. The summed E-state index contributed by atoms with van der Waals surface area (Å²) in [4.78, 5) is 32.9. The number of rotatable bonds is 3. The van der Waals surface area contributed by atoms with Crippen molar-refractivity contribution in [1.29, 1.82) is 0 Å². The highest BCUT2D eigenvalue weighted by molar-refractivity contribution is 5.73. The molecule has 0 amide bonds. The van der Waals surface area contributed by atoms with Crippen molar-refractivity contribution in [3.63, 3.8) is 0 Å². The second-order valence-electron chi connectivity index (χ2n) is 7.04. The van der Waals surface area contributed by atoms with Crippen molar-refractivity contribution in [2.45, 2.75) is 37.3 Å². The molecule has 2 fully saturated rings. The van der Waals surface area contributed by atoms with E-state index in [0.717, 1.165) is 24.7 Å². The summed E-state index contributed by atoms with van der Waals surface area (Å²) in [5, 5.41) is 14.2. The van der Waals surface area contributed by atoms with E-state index in [-0.39, 0.29) is 0 Å². The van der Waals surface area contributed by atoms with E-state index < -0.39 is 24.3 Å². The first-order chi connectivity index (χ1) is 15.8. The normalized spacial score (nSPS) is 21.0. The zero-order valence-electron chi connectivity index (χ0n) is 17.1. The number of hydrogen-bond donors (Lipinski definition) is 2. The maximum atomic E-state index is 10.6. The van der Waals surface area contributed by atoms with Gasteiger partial charge < -0.3 is 19.8 Å². The molecule has 15 heteroatoms. The van der Waals surface area contributed by atoms with Crippen LogP contribution in [-0.2, 0) is 9.59 Å². The van der Waals surface area contributed by atoms with Crippen LogP contribution in [0.25, 0.3) is 0 Å². The minimum absolute atomic E-state index is 0.296. The smallest absolute Gasteiger partial charge is 0.488 e. The summed E-state index contributed by atoms with van der Waals surface area (Å²) < 4.78 is 69.5. The van der Waals surface area contributed by atoms with Gasteiger partial charge in [0, 0.05) is 43.5 Å². The van der Waals surface area contributed by atoms with Gasteiger partial charge in [-0.15, -0.1) is 0 Å². The number of hydrogen-bond acceptors (Lipinski definition) is 7. The highest BCUT2D eigenvalue weighted by Gasteiger charge is 2.47. The van der Waals surface area contributed by atoms with Crippen LogP contribution in [0.4, 0.5) is 32.3 Å². The topological polar surface area (TPSA) is 126 Å². The lowest BCUT2D eigenvalue weighted by molar-refractivity contribution is -0.193. The van der Waals surface area contributed by atoms with Gasteiger partial charge in [0.05, 0.1) is 6.20 Å². The summed E-state index contributed by atoms with van der Waals surface area (Å²) in [5.74, 6) is -3.24. The third kappa shape index (κ3) is 7.74. The molecule has 2 bridgehead atoms. The summed E-state index contributed by atoms with van der Waals surface area (Å²) in [6.07, 6.45) is -0.507. The number of piperidine rings is 1. The molecule has 0 aromatic carbocycles. The Hall–Kier alpha value is -3.65. The van der Waals surface area contributed by atoms with Gasteiger partial charge in [0.25, 0.3) is 0 Å². The number of carbonyl (C=O) groups is 2. The Morgan fingerprint density at radius 1 is 0.941 bits per heavy atom. The maximum Gasteiger partial charge on any atom is 0.490 e. The van der Waals surface area contributed by atoms with Gasteiger partial charge in [0.2, 0.25) is 5.95 Å². The SMILES string of the molecule is O=C(O)C(F)(F)F.O=C(O)C(F)(F)F.c1cnc(N2CC3CC2C[C@@H]3Oc2cccnc2)nc1. The molecule has 3 heterocycles. The molecule has 1 saturated heterocycles. The van der Waals surface area contributed by atoms with Gasteiger partial charge in [-0.05, 0) is 24.6 Å². The van der Waals surface area contributed by atoms with Crippen molar-refractivity contribution in [3.05, 3.63) is 43.0 Å². The van der Waals surface area contributed by atoms with Gasteiger partial charge in [0.1, 0.15) is 11.9 Å². The largest absolute Gasteiger partial charge is 0.490 e. The molecule has 2 N–H and O–H groups in total. The first kappa shape index (κ1) is 26.6. The van der Waals surface area contributed by atoms with E-state index >= 15 is 0 Å². The number of ether oxygens (including phenoxy) is 1. The second-order valence-corrected chi connectivity index (χ2v) is 7.04. The number of aliphatic carboxylic acids is 2. The lowest BCUT2D eigenvalue weighted by Crippen LogP contribution is -2.40. The molecule has 9 nitrogen and oxygen atoms in total. The summed E-state index contributed by atoms with van der Waals surface area (Å²) in [6.45, 7) is 0.986. The third-order valence-electron chi connectivity index (χ3n) is 4.69. The Morgan fingerprint density at radius 2 is 1.50 bits per heavy atom. The van der Waals surface area contributed by atoms with Crippen molar-refractivity contribution < 1.29 is 50.9 Å². The number of carboxylic acid groups (broad SMARTS) is 2. The van der Waals surface area contributed by atoms with E-state index in [1.807, 2.05) is 18.2 Å². The number of nitrogens with zero attached hydrogens (tertiary/aromatic N) is 4. The molecule has 0 radical (unpaired) electrons. The Balaban J connectivity index is 0.000000244. The molecule has 1 saturated carbocycles. The molecule has 34 heavy (non-hydrogen) atoms. The van der Waals surface area contributed by atoms with E-state index in [1.165, 1.54) is 6.42 Å². The number of fused-ring (bicyclic) bond motifs is 2. The van der Waals surface area contributed by atoms with Gasteiger partial charge in [-0.2, -0.15) is 26.3 Å². The summed E-state index contributed by atoms with van der Waals surface area (Å²) >= 11 is 0. The van der Waals surface area contributed by atoms with Crippen LogP contribution in [0.15, 0.2) is 43.0 Å². The third-order valence-corrected chi connectivity index (χ3v) is 4.69. The van der Waals surface area contributed by atoms with Crippen LogP contribution in [0.2, 0.25) is 0 Å². The average Bonchev–Trinajstić information content (AvgIpc) is 3.35. The monoisotopic (exact) mass is 496 g/mol. The molecule has 1 aliphatic carbocycles. The highest BCUT2D eigenvalue weighted by atomic mass is 19.4. The van der Waals surface area contributed by atoms with Crippen LogP contribution < -0.4 is 9.64 Å². The van der Waals surface area contributed by atoms with Gasteiger partial charge >= 0.3 is 24.3 Å². The van der Waals surface area contributed by atoms with E-state index in [9.17, 15) is 26.3 Å². The fourth-order valence-corrected chi connectivity index (χ4v) is 3.33. The fourth-order valence-electron chi connectivity index (χ4n) is 3.33. The molecule has 186 valence electrons. The maximum absolute atomic E-state index is 10.6. The molecule has 2 aromatic rings. The van der Waals surface area contributed by atoms with Crippen LogP contribution in [0.3, 0.4) is 0 Å². The molecule has 2 aliphatic rings. The zero-order chi connectivity index (χ0) is 25.5. The van der Waals surface area contributed by atoms with Gasteiger partial charge in [-0.3, -0.25) is 4.98 Å².